The molecule has 1 aliphatic rings. The Morgan fingerprint density at radius 2 is 1.94 bits per heavy atom. The zero-order chi connectivity index (χ0) is 24.0. The van der Waals surface area contributed by atoms with Crippen LogP contribution in [0.5, 0.6) is 11.5 Å². The van der Waals surface area contributed by atoms with Crippen LogP contribution >= 0.6 is 0 Å². The largest absolute Gasteiger partial charge is 0.497 e. The molecule has 1 aromatic carbocycles. The number of anilines is 1. The molecule has 2 aromatic rings. The number of amides is 2. The number of methoxy groups -OCH3 is 2. The van der Waals surface area contributed by atoms with Gasteiger partial charge in [0.2, 0.25) is 0 Å². The summed E-state index contributed by atoms with van der Waals surface area (Å²) < 4.78 is 48.5. The van der Waals surface area contributed by atoms with Crippen LogP contribution in [0.4, 0.5) is 23.8 Å². The van der Waals surface area contributed by atoms with Crippen LogP contribution in [0.2, 0.25) is 0 Å². The number of rotatable bonds is 7. The molecule has 3 rings (SSSR count). The van der Waals surface area contributed by atoms with E-state index < -0.39 is 23.9 Å². The fourth-order valence-corrected chi connectivity index (χ4v) is 3.63. The van der Waals surface area contributed by atoms with Gasteiger partial charge >= 0.3 is 12.2 Å². The van der Waals surface area contributed by atoms with Gasteiger partial charge in [-0.05, 0) is 43.2 Å². The van der Waals surface area contributed by atoms with E-state index in [1.165, 1.54) is 20.3 Å². The standard InChI is InChI=1S/C22H27F3N4O4/c1-32-16-4-5-19(33-2)17(11-16)18(30)13-27-21(31)28-15-7-9-29(10-8-15)20-6-3-14(12-26-20)22(23,24)25/h3-6,11-12,15,18,30H,7-10,13H2,1-2H3,(H2,27,28,31). The van der Waals surface area contributed by atoms with E-state index >= 15 is 0 Å². The van der Waals surface area contributed by atoms with Crippen LogP contribution in [0.25, 0.3) is 0 Å². The van der Waals surface area contributed by atoms with Gasteiger partial charge in [-0.25, -0.2) is 9.78 Å². The third-order valence-corrected chi connectivity index (χ3v) is 5.48. The maximum absolute atomic E-state index is 12.7. The number of ether oxygens (including phenoxy) is 2. The molecule has 1 aliphatic heterocycles. The topological polar surface area (TPSA) is 95.9 Å². The molecule has 0 aliphatic carbocycles. The highest BCUT2D eigenvalue weighted by atomic mass is 19.4. The Morgan fingerprint density at radius 1 is 1.21 bits per heavy atom. The minimum atomic E-state index is -4.42. The quantitative estimate of drug-likeness (QED) is 0.578. The summed E-state index contributed by atoms with van der Waals surface area (Å²) in [5, 5.41) is 16.0. The molecule has 1 unspecified atom stereocenters. The van der Waals surface area contributed by atoms with Crippen molar-refractivity contribution in [1.82, 2.24) is 15.6 Å². The number of hydrogen-bond acceptors (Lipinski definition) is 6. The second-order valence-electron chi connectivity index (χ2n) is 7.64. The normalized spacial score (nSPS) is 15.6. The van der Waals surface area contributed by atoms with Crippen LogP contribution in [0.15, 0.2) is 36.5 Å². The monoisotopic (exact) mass is 468 g/mol. The Morgan fingerprint density at radius 3 is 2.52 bits per heavy atom. The third-order valence-electron chi connectivity index (χ3n) is 5.48. The summed E-state index contributed by atoms with van der Waals surface area (Å²) in [4.78, 5) is 18.1. The molecule has 1 fully saturated rings. The lowest BCUT2D eigenvalue weighted by molar-refractivity contribution is -0.137. The average molecular weight is 468 g/mol. The number of pyridine rings is 1. The lowest BCUT2D eigenvalue weighted by Crippen LogP contribution is -2.48. The smallest absolute Gasteiger partial charge is 0.417 e. The number of hydrogen-bond donors (Lipinski definition) is 3. The highest BCUT2D eigenvalue weighted by Crippen LogP contribution is 2.30. The summed E-state index contributed by atoms with van der Waals surface area (Å²) in [6.07, 6.45) is -3.35. The van der Waals surface area contributed by atoms with Gasteiger partial charge in [0.15, 0.2) is 0 Å². The lowest BCUT2D eigenvalue weighted by atomic mass is 10.1. The number of aliphatic hydroxyl groups is 1. The first-order valence-electron chi connectivity index (χ1n) is 10.4. The Labute approximate surface area is 189 Å². The number of piperidine rings is 1. The summed E-state index contributed by atoms with van der Waals surface area (Å²) in [5.41, 5.74) is -0.289. The maximum atomic E-state index is 12.7. The van der Waals surface area contributed by atoms with E-state index in [0.29, 0.717) is 48.8 Å². The minimum absolute atomic E-state index is 0.0241. The minimum Gasteiger partial charge on any atom is -0.497 e. The summed E-state index contributed by atoms with van der Waals surface area (Å²) in [7, 11) is 3.01. The van der Waals surface area contributed by atoms with Crippen molar-refractivity contribution in [2.75, 3.05) is 38.8 Å². The first kappa shape index (κ1) is 24.4. The van der Waals surface area contributed by atoms with Crippen molar-refractivity contribution in [3.8, 4) is 11.5 Å². The molecule has 0 bridgehead atoms. The van der Waals surface area contributed by atoms with Crippen LogP contribution < -0.4 is 25.0 Å². The first-order valence-corrected chi connectivity index (χ1v) is 10.4. The third kappa shape index (κ3) is 6.41. The highest BCUT2D eigenvalue weighted by Gasteiger charge is 2.31. The van der Waals surface area contributed by atoms with E-state index in [4.69, 9.17) is 9.47 Å². The van der Waals surface area contributed by atoms with Crippen LogP contribution in [0.3, 0.4) is 0 Å². The molecule has 2 heterocycles. The van der Waals surface area contributed by atoms with Gasteiger partial charge in [-0.3, -0.25) is 0 Å². The number of alkyl halides is 3. The van der Waals surface area contributed by atoms with Crippen molar-refractivity contribution in [3.05, 3.63) is 47.7 Å². The highest BCUT2D eigenvalue weighted by molar-refractivity contribution is 5.74. The lowest BCUT2D eigenvalue weighted by Gasteiger charge is -2.33. The number of carbonyl (C=O) groups is 1. The van der Waals surface area contributed by atoms with Gasteiger partial charge in [0, 0.05) is 37.4 Å². The second kappa shape index (κ2) is 10.6. The number of carbonyl (C=O) groups excluding carboxylic acids is 1. The van der Waals surface area contributed by atoms with Gasteiger partial charge < -0.3 is 30.1 Å². The molecule has 0 spiro atoms. The zero-order valence-corrected chi connectivity index (χ0v) is 18.4. The predicted octanol–water partition coefficient (Wildman–Crippen LogP) is 3.12. The average Bonchev–Trinajstić information content (AvgIpc) is 2.82. The molecule has 2 amide bonds. The molecular formula is C22H27F3N4O4. The van der Waals surface area contributed by atoms with Crippen molar-refractivity contribution >= 4 is 11.8 Å². The number of aromatic nitrogens is 1. The van der Waals surface area contributed by atoms with Crippen LogP contribution in [-0.2, 0) is 6.18 Å². The Bertz CT molecular complexity index is 932. The fourth-order valence-electron chi connectivity index (χ4n) is 3.63. The van der Waals surface area contributed by atoms with E-state index in [1.807, 2.05) is 4.90 Å². The van der Waals surface area contributed by atoms with E-state index in [-0.39, 0.29) is 12.6 Å². The van der Waals surface area contributed by atoms with Gasteiger partial charge in [0.25, 0.3) is 0 Å². The molecule has 3 N–H and O–H groups in total. The SMILES string of the molecule is COc1ccc(OC)c(C(O)CNC(=O)NC2CCN(c3ccc(C(F)(F)F)cn3)CC2)c1. The molecule has 180 valence electrons. The van der Waals surface area contributed by atoms with Crippen molar-refractivity contribution in [2.45, 2.75) is 31.2 Å². The molecule has 1 atom stereocenters. The Hall–Kier alpha value is -3.21. The number of aliphatic hydroxyl groups excluding tert-OH is 1. The van der Waals surface area contributed by atoms with Crippen molar-refractivity contribution in [3.63, 3.8) is 0 Å². The number of urea groups is 1. The van der Waals surface area contributed by atoms with Crippen LogP contribution in [0, 0.1) is 0 Å². The van der Waals surface area contributed by atoms with Gasteiger partial charge in [-0.2, -0.15) is 13.2 Å². The first-order chi connectivity index (χ1) is 15.7. The van der Waals surface area contributed by atoms with E-state index in [1.54, 1.807) is 18.2 Å². The molecule has 0 radical (unpaired) electrons. The van der Waals surface area contributed by atoms with E-state index in [9.17, 15) is 23.1 Å². The van der Waals surface area contributed by atoms with Gasteiger partial charge in [0.1, 0.15) is 23.4 Å². The molecular weight excluding hydrogens is 441 g/mol. The van der Waals surface area contributed by atoms with Crippen molar-refractivity contribution in [1.29, 1.82) is 0 Å². The zero-order valence-electron chi connectivity index (χ0n) is 18.4. The van der Waals surface area contributed by atoms with Gasteiger partial charge in [-0.15, -0.1) is 0 Å². The second-order valence-corrected chi connectivity index (χ2v) is 7.64. The summed E-state index contributed by atoms with van der Waals surface area (Å²) in [6, 6.07) is 6.90. The molecule has 33 heavy (non-hydrogen) atoms. The molecule has 0 saturated carbocycles. The molecule has 1 saturated heterocycles. The van der Waals surface area contributed by atoms with Crippen molar-refractivity contribution in [2.24, 2.45) is 0 Å². The Balaban J connectivity index is 1.46. The Kier molecular flexibility index (Phi) is 7.85. The van der Waals surface area contributed by atoms with E-state index in [2.05, 4.69) is 15.6 Å². The predicted molar refractivity (Wildman–Crippen MR) is 116 cm³/mol. The fraction of sp³-hybridized carbons (Fsp3) is 0.455. The molecule has 1 aromatic heterocycles. The number of nitrogens with zero attached hydrogens (tertiary/aromatic N) is 2. The summed E-state index contributed by atoms with van der Waals surface area (Å²) >= 11 is 0. The maximum Gasteiger partial charge on any atom is 0.417 e. The van der Waals surface area contributed by atoms with Gasteiger partial charge in [0.05, 0.1) is 19.8 Å². The van der Waals surface area contributed by atoms with Crippen molar-refractivity contribution < 1.29 is 32.5 Å². The van der Waals surface area contributed by atoms with Gasteiger partial charge in [-0.1, -0.05) is 0 Å². The van der Waals surface area contributed by atoms with Crippen LogP contribution in [0.1, 0.15) is 30.1 Å². The summed E-state index contributed by atoms with van der Waals surface area (Å²) in [6.45, 7) is 1.07. The number of benzene rings is 1. The number of nitrogens with one attached hydrogen (secondary N) is 2. The molecule has 11 heteroatoms. The molecule has 8 nitrogen and oxygen atoms in total. The summed E-state index contributed by atoms with van der Waals surface area (Å²) in [5.74, 6) is 1.51. The number of halogens is 3. The van der Waals surface area contributed by atoms with Crippen LogP contribution in [-0.4, -0.2) is 56.0 Å². The van der Waals surface area contributed by atoms with E-state index in [0.717, 1.165) is 12.3 Å².